The topological polar surface area (TPSA) is 77.5 Å². The highest BCUT2D eigenvalue weighted by Crippen LogP contribution is 2.07. The molecule has 0 saturated carbocycles. The van der Waals surface area contributed by atoms with Gasteiger partial charge in [0.2, 0.25) is 0 Å². The van der Waals surface area contributed by atoms with Crippen LogP contribution in [0.15, 0.2) is 30.5 Å². The van der Waals surface area contributed by atoms with Crippen LogP contribution in [0.25, 0.3) is 6.08 Å². The Balaban J connectivity index is 2.75. The molecule has 0 aromatic carbocycles. The molecule has 0 aliphatic rings. The van der Waals surface area contributed by atoms with Gasteiger partial charge in [-0.2, -0.15) is 0 Å². The summed E-state index contributed by atoms with van der Waals surface area (Å²) in [6, 6.07) is 4.44. The number of rotatable bonds is 4. The van der Waals surface area contributed by atoms with Crippen molar-refractivity contribution in [1.82, 2.24) is 10.3 Å². The fraction of sp³-hybridized carbons (Fsp3) is 0.400. The molecule has 0 aliphatic carbocycles. The van der Waals surface area contributed by atoms with Crippen molar-refractivity contribution in [1.29, 1.82) is 0 Å². The zero-order valence-corrected chi connectivity index (χ0v) is 12.6. The standard InChI is InChI=1S/C15H20N2O4/c1-15(2,3)21-14(19)17-12(13(18)20-4)9-8-11-7-5-6-10-16-11/h5-10,12H,1-4H3,(H,17,19). The summed E-state index contributed by atoms with van der Waals surface area (Å²) < 4.78 is 9.76. The summed E-state index contributed by atoms with van der Waals surface area (Å²) in [7, 11) is 1.25. The van der Waals surface area contributed by atoms with Crippen LogP contribution >= 0.6 is 0 Å². The summed E-state index contributed by atoms with van der Waals surface area (Å²) in [5, 5.41) is 2.44. The highest BCUT2D eigenvalue weighted by molar-refractivity contribution is 5.84. The normalized spacial score (nSPS) is 12.8. The number of esters is 1. The molecule has 0 bridgehead atoms. The number of ether oxygens (including phenoxy) is 2. The molecule has 1 N–H and O–H groups in total. The zero-order valence-electron chi connectivity index (χ0n) is 12.6. The van der Waals surface area contributed by atoms with Crippen LogP contribution in [0.3, 0.4) is 0 Å². The molecule has 0 saturated heterocycles. The minimum absolute atomic E-state index is 0.590. The number of hydrogen-bond acceptors (Lipinski definition) is 5. The number of amides is 1. The highest BCUT2D eigenvalue weighted by atomic mass is 16.6. The first-order valence-corrected chi connectivity index (χ1v) is 6.48. The van der Waals surface area contributed by atoms with E-state index in [0.717, 1.165) is 0 Å². The first kappa shape index (κ1) is 16.7. The minimum atomic E-state index is -0.938. The Morgan fingerprint density at radius 3 is 2.57 bits per heavy atom. The lowest BCUT2D eigenvalue weighted by Gasteiger charge is -2.21. The van der Waals surface area contributed by atoms with Crippen LogP contribution in [0.4, 0.5) is 4.79 Å². The molecule has 6 heteroatoms. The van der Waals surface area contributed by atoms with Gasteiger partial charge >= 0.3 is 12.1 Å². The number of alkyl carbamates (subject to hydrolysis) is 1. The predicted molar refractivity (Wildman–Crippen MR) is 78.4 cm³/mol. The van der Waals surface area contributed by atoms with Crippen molar-refractivity contribution < 1.29 is 19.1 Å². The van der Waals surface area contributed by atoms with Crippen molar-refractivity contribution in [2.24, 2.45) is 0 Å². The largest absolute Gasteiger partial charge is 0.467 e. The van der Waals surface area contributed by atoms with Crippen LogP contribution < -0.4 is 5.32 Å². The molecule has 0 spiro atoms. The number of carbonyl (C=O) groups excluding carboxylic acids is 2. The highest BCUT2D eigenvalue weighted by Gasteiger charge is 2.22. The number of pyridine rings is 1. The summed E-state index contributed by atoms with van der Waals surface area (Å²) in [5.74, 6) is -0.590. The Morgan fingerprint density at radius 1 is 1.33 bits per heavy atom. The Bertz CT molecular complexity index is 506. The molecule has 1 amide bonds. The molecule has 1 unspecified atom stereocenters. The Labute approximate surface area is 124 Å². The second kappa shape index (κ2) is 7.42. The number of carbonyl (C=O) groups is 2. The van der Waals surface area contributed by atoms with Gasteiger partial charge in [0.25, 0.3) is 0 Å². The van der Waals surface area contributed by atoms with Crippen molar-refractivity contribution in [2.45, 2.75) is 32.4 Å². The van der Waals surface area contributed by atoms with E-state index in [2.05, 4.69) is 15.0 Å². The van der Waals surface area contributed by atoms with Crippen LogP contribution in [0, 0.1) is 0 Å². The fourth-order valence-electron chi connectivity index (χ4n) is 1.42. The van der Waals surface area contributed by atoms with Crippen molar-refractivity contribution in [3.8, 4) is 0 Å². The molecule has 1 atom stereocenters. The van der Waals surface area contributed by atoms with Gasteiger partial charge < -0.3 is 14.8 Å². The van der Waals surface area contributed by atoms with Gasteiger partial charge in [-0.05, 0) is 45.1 Å². The van der Waals surface area contributed by atoms with E-state index < -0.39 is 23.7 Å². The molecule has 1 aromatic heterocycles. The Morgan fingerprint density at radius 2 is 2.05 bits per heavy atom. The predicted octanol–water partition coefficient (Wildman–Crippen LogP) is 2.16. The molecule has 1 rings (SSSR count). The molecule has 114 valence electrons. The van der Waals surface area contributed by atoms with E-state index in [1.807, 2.05) is 6.07 Å². The third kappa shape index (κ3) is 6.56. The minimum Gasteiger partial charge on any atom is -0.467 e. The maximum Gasteiger partial charge on any atom is 0.408 e. The van der Waals surface area contributed by atoms with E-state index in [9.17, 15) is 9.59 Å². The third-order valence-electron chi connectivity index (χ3n) is 2.27. The Hall–Kier alpha value is -2.37. The lowest BCUT2D eigenvalue weighted by Crippen LogP contribution is -2.42. The van der Waals surface area contributed by atoms with Crippen molar-refractivity contribution in [2.75, 3.05) is 7.11 Å². The maximum atomic E-state index is 11.7. The van der Waals surface area contributed by atoms with Gasteiger partial charge in [-0.15, -0.1) is 0 Å². The molecule has 0 radical (unpaired) electrons. The second-order valence-corrected chi connectivity index (χ2v) is 5.26. The summed E-state index contributed by atoms with van der Waals surface area (Å²) in [5.41, 5.74) is 0.0209. The van der Waals surface area contributed by atoms with Crippen molar-refractivity contribution in [3.05, 3.63) is 36.2 Å². The first-order chi connectivity index (χ1) is 9.81. The molecule has 1 aromatic rings. The van der Waals surface area contributed by atoms with Gasteiger partial charge in [0.05, 0.1) is 12.8 Å². The number of nitrogens with zero attached hydrogens (tertiary/aromatic N) is 1. The lowest BCUT2D eigenvalue weighted by molar-refractivity contribution is -0.141. The van der Waals surface area contributed by atoms with E-state index in [4.69, 9.17) is 4.74 Å². The van der Waals surface area contributed by atoms with E-state index in [-0.39, 0.29) is 0 Å². The van der Waals surface area contributed by atoms with Gasteiger partial charge in [0.15, 0.2) is 0 Å². The van der Waals surface area contributed by atoms with Crippen LogP contribution in [-0.2, 0) is 14.3 Å². The van der Waals surface area contributed by atoms with Gasteiger partial charge in [-0.3, -0.25) is 4.98 Å². The van der Waals surface area contributed by atoms with E-state index in [0.29, 0.717) is 5.69 Å². The van der Waals surface area contributed by atoms with Crippen LogP contribution in [0.5, 0.6) is 0 Å². The van der Waals surface area contributed by atoms with Gasteiger partial charge in [-0.1, -0.05) is 6.07 Å². The SMILES string of the molecule is COC(=O)C(C=Cc1ccccn1)NC(=O)OC(C)(C)C. The van der Waals surface area contributed by atoms with Crippen molar-refractivity contribution >= 4 is 18.1 Å². The van der Waals surface area contributed by atoms with Crippen LogP contribution in [-0.4, -0.2) is 35.8 Å². The third-order valence-corrected chi connectivity index (χ3v) is 2.27. The van der Waals surface area contributed by atoms with Gasteiger partial charge in [0, 0.05) is 6.20 Å². The molecule has 6 nitrogen and oxygen atoms in total. The van der Waals surface area contributed by atoms with E-state index in [1.54, 1.807) is 45.2 Å². The monoisotopic (exact) mass is 292 g/mol. The number of hydrogen-bond donors (Lipinski definition) is 1. The average molecular weight is 292 g/mol. The number of aromatic nitrogens is 1. The summed E-state index contributed by atoms with van der Waals surface area (Å²) in [6.45, 7) is 5.22. The summed E-state index contributed by atoms with van der Waals surface area (Å²) >= 11 is 0. The molecule has 21 heavy (non-hydrogen) atoms. The second-order valence-electron chi connectivity index (χ2n) is 5.26. The summed E-state index contributed by atoms with van der Waals surface area (Å²) in [4.78, 5) is 27.5. The Kier molecular flexibility index (Phi) is 5.90. The molecule has 0 fully saturated rings. The maximum absolute atomic E-state index is 11.7. The molecular weight excluding hydrogens is 272 g/mol. The van der Waals surface area contributed by atoms with Crippen LogP contribution in [0.1, 0.15) is 26.5 Å². The van der Waals surface area contributed by atoms with E-state index >= 15 is 0 Å². The van der Waals surface area contributed by atoms with Gasteiger partial charge in [-0.25, -0.2) is 9.59 Å². The molecular formula is C15H20N2O4. The quantitative estimate of drug-likeness (QED) is 0.860. The lowest BCUT2D eigenvalue weighted by atomic mass is 10.2. The average Bonchev–Trinajstić information content (AvgIpc) is 2.41. The van der Waals surface area contributed by atoms with Crippen molar-refractivity contribution in [3.63, 3.8) is 0 Å². The number of nitrogens with one attached hydrogen (secondary N) is 1. The molecule has 1 heterocycles. The fourth-order valence-corrected chi connectivity index (χ4v) is 1.42. The van der Waals surface area contributed by atoms with Gasteiger partial charge in [0.1, 0.15) is 11.6 Å². The summed E-state index contributed by atoms with van der Waals surface area (Å²) in [6.07, 6.45) is 4.06. The van der Waals surface area contributed by atoms with Crippen LogP contribution in [0.2, 0.25) is 0 Å². The number of methoxy groups -OCH3 is 1. The zero-order chi connectivity index (χ0) is 15.9. The first-order valence-electron chi connectivity index (χ1n) is 6.48. The smallest absolute Gasteiger partial charge is 0.408 e. The molecule has 0 aliphatic heterocycles. The van der Waals surface area contributed by atoms with E-state index in [1.165, 1.54) is 13.2 Å².